The van der Waals surface area contributed by atoms with Crippen LogP contribution in [0.2, 0.25) is 0 Å². The molecule has 1 aliphatic heterocycles. The number of hydrogen-bond acceptors (Lipinski definition) is 5. The zero-order chi connectivity index (χ0) is 15.1. The molecule has 4 N–H and O–H groups in total. The summed E-state index contributed by atoms with van der Waals surface area (Å²) < 4.78 is 5.57. The fraction of sp³-hybridized carbons (Fsp3) is 0.625. The van der Waals surface area contributed by atoms with E-state index < -0.39 is 6.10 Å². The third-order valence-corrected chi connectivity index (χ3v) is 3.98. The van der Waals surface area contributed by atoms with Crippen molar-refractivity contribution in [1.29, 1.82) is 0 Å². The Labute approximate surface area is 126 Å². The fourth-order valence-electron chi connectivity index (χ4n) is 2.76. The Morgan fingerprint density at radius 2 is 2.00 bits per heavy atom. The molecule has 0 spiro atoms. The Bertz CT molecular complexity index is 410. The van der Waals surface area contributed by atoms with E-state index in [0.29, 0.717) is 18.0 Å². The van der Waals surface area contributed by atoms with Gasteiger partial charge in [-0.05, 0) is 43.7 Å². The third kappa shape index (κ3) is 5.19. The molecule has 0 aliphatic carbocycles. The maximum absolute atomic E-state index is 10.1. The third-order valence-electron chi connectivity index (χ3n) is 3.98. The molecular weight excluding hydrogens is 268 g/mol. The Kier molecular flexibility index (Phi) is 6.29. The minimum atomic E-state index is -0.560. The highest BCUT2D eigenvalue weighted by atomic mass is 16.5. The second-order valence-corrected chi connectivity index (χ2v) is 5.71. The van der Waals surface area contributed by atoms with Gasteiger partial charge in [-0.2, -0.15) is 0 Å². The summed E-state index contributed by atoms with van der Waals surface area (Å²) in [7, 11) is 0. The molecule has 0 radical (unpaired) electrons. The van der Waals surface area contributed by atoms with Gasteiger partial charge in [-0.25, -0.2) is 0 Å². The molecule has 1 heterocycles. The van der Waals surface area contributed by atoms with Crippen LogP contribution in [0.15, 0.2) is 24.3 Å². The van der Waals surface area contributed by atoms with Crippen molar-refractivity contribution in [2.45, 2.75) is 37.8 Å². The molecule has 2 rings (SSSR count). The molecule has 0 bridgehead atoms. The van der Waals surface area contributed by atoms with E-state index in [0.717, 1.165) is 25.8 Å². The number of benzene rings is 1. The van der Waals surface area contributed by atoms with Gasteiger partial charge in [0.15, 0.2) is 0 Å². The fourth-order valence-corrected chi connectivity index (χ4v) is 2.76. The van der Waals surface area contributed by atoms with Gasteiger partial charge in [-0.3, -0.25) is 4.90 Å². The Hall–Kier alpha value is -1.30. The van der Waals surface area contributed by atoms with E-state index in [1.165, 1.54) is 6.42 Å². The number of aliphatic hydroxyl groups excluding tert-OH is 2. The van der Waals surface area contributed by atoms with Crippen molar-refractivity contribution in [1.82, 2.24) is 4.90 Å². The van der Waals surface area contributed by atoms with Gasteiger partial charge < -0.3 is 20.7 Å². The maximum Gasteiger partial charge on any atom is 0.119 e. The van der Waals surface area contributed by atoms with Crippen molar-refractivity contribution < 1.29 is 14.9 Å². The number of ether oxygens (including phenoxy) is 1. The van der Waals surface area contributed by atoms with Gasteiger partial charge in [0, 0.05) is 18.3 Å². The van der Waals surface area contributed by atoms with E-state index >= 15 is 0 Å². The molecular formula is C16H26N2O3. The number of nitrogens with two attached hydrogens (primary N) is 1. The number of anilines is 1. The summed E-state index contributed by atoms with van der Waals surface area (Å²) in [5.74, 6) is 0.706. The van der Waals surface area contributed by atoms with Crippen molar-refractivity contribution in [3.8, 4) is 5.75 Å². The molecule has 2 atom stereocenters. The van der Waals surface area contributed by atoms with Crippen LogP contribution in [0, 0.1) is 0 Å². The Morgan fingerprint density at radius 1 is 1.24 bits per heavy atom. The topological polar surface area (TPSA) is 79.0 Å². The average molecular weight is 294 g/mol. The summed E-state index contributed by atoms with van der Waals surface area (Å²) in [6.07, 6.45) is 3.92. The first-order valence-electron chi connectivity index (χ1n) is 7.70. The standard InChI is InChI=1S/C16H26N2O3/c17-13-5-7-16(8-6-13)21-12-15(20)10-18-9-3-1-2-4-14(18)11-19/h5-8,14-15,19-20H,1-4,9-12,17H2. The molecule has 1 aliphatic rings. The van der Waals surface area contributed by atoms with E-state index in [1.807, 2.05) is 0 Å². The quantitative estimate of drug-likeness (QED) is 0.688. The molecule has 21 heavy (non-hydrogen) atoms. The van der Waals surface area contributed by atoms with Gasteiger partial charge in [0.25, 0.3) is 0 Å². The zero-order valence-electron chi connectivity index (χ0n) is 12.4. The summed E-state index contributed by atoms with van der Waals surface area (Å²) in [6, 6.07) is 7.31. The van der Waals surface area contributed by atoms with E-state index in [4.69, 9.17) is 10.5 Å². The van der Waals surface area contributed by atoms with Gasteiger partial charge >= 0.3 is 0 Å². The number of nitrogen functional groups attached to an aromatic ring is 1. The predicted octanol–water partition coefficient (Wildman–Crippen LogP) is 1.25. The van der Waals surface area contributed by atoms with Gasteiger partial charge in [-0.15, -0.1) is 0 Å². The normalized spacial score (nSPS) is 21.7. The summed E-state index contributed by atoms with van der Waals surface area (Å²) in [4.78, 5) is 2.18. The van der Waals surface area contributed by atoms with Crippen LogP contribution in [0.4, 0.5) is 5.69 Å². The first-order valence-corrected chi connectivity index (χ1v) is 7.70. The van der Waals surface area contributed by atoms with Gasteiger partial charge in [0.05, 0.1) is 6.61 Å². The minimum absolute atomic E-state index is 0.158. The number of rotatable bonds is 6. The summed E-state index contributed by atoms with van der Waals surface area (Å²) in [5.41, 5.74) is 6.31. The van der Waals surface area contributed by atoms with Crippen molar-refractivity contribution >= 4 is 5.69 Å². The molecule has 0 aromatic heterocycles. The molecule has 1 aromatic carbocycles. The minimum Gasteiger partial charge on any atom is -0.491 e. The molecule has 1 fully saturated rings. The van der Waals surface area contributed by atoms with Crippen molar-refractivity contribution in [2.75, 3.05) is 32.0 Å². The first kappa shape index (κ1) is 16.1. The highest BCUT2D eigenvalue weighted by molar-refractivity contribution is 5.41. The number of likely N-dealkylation sites (tertiary alicyclic amines) is 1. The van der Waals surface area contributed by atoms with E-state index in [2.05, 4.69) is 4.90 Å². The number of aliphatic hydroxyl groups is 2. The molecule has 2 unspecified atom stereocenters. The lowest BCUT2D eigenvalue weighted by Gasteiger charge is -2.30. The van der Waals surface area contributed by atoms with Crippen molar-refractivity contribution in [3.63, 3.8) is 0 Å². The van der Waals surface area contributed by atoms with Crippen LogP contribution in [0.25, 0.3) is 0 Å². The van der Waals surface area contributed by atoms with Crippen molar-refractivity contribution in [3.05, 3.63) is 24.3 Å². The molecule has 118 valence electrons. The van der Waals surface area contributed by atoms with E-state index in [-0.39, 0.29) is 19.3 Å². The van der Waals surface area contributed by atoms with Crippen LogP contribution in [0.5, 0.6) is 5.75 Å². The van der Waals surface area contributed by atoms with Gasteiger partial charge in [0.1, 0.15) is 18.5 Å². The highest BCUT2D eigenvalue weighted by Gasteiger charge is 2.22. The maximum atomic E-state index is 10.1. The second-order valence-electron chi connectivity index (χ2n) is 5.71. The Balaban J connectivity index is 1.79. The molecule has 1 aromatic rings. The number of β-amino-alcohol motifs (C(OH)–C–C–N with tert-alkyl or cyclic N) is 1. The molecule has 0 saturated carbocycles. The number of hydrogen-bond donors (Lipinski definition) is 3. The smallest absolute Gasteiger partial charge is 0.119 e. The zero-order valence-corrected chi connectivity index (χ0v) is 12.4. The van der Waals surface area contributed by atoms with Crippen LogP contribution in [0.3, 0.4) is 0 Å². The highest BCUT2D eigenvalue weighted by Crippen LogP contribution is 2.17. The predicted molar refractivity (Wildman–Crippen MR) is 83.3 cm³/mol. The lowest BCUT2D eigenvalue weighted by Crippen LogP contribution is -2.43. The molecule has 1 saturated heterocycles. The molecule has 0 amide bonds. The van der Waals surface area contributed by atoms with Crippen LogP contribution in [-0.2, 0) is 0 Å². The first-order chi connectivity index (χ1) is 10.2. The summed E-state index contributed by atoms with van der Waals surface area (Å²) in [6.45, 7) is 1.88. The molecule has 5 nitrogen and oxygen atoms in total. The lowest BCUT2D eigenvalue weighted by molar-refractivity contribution is 0.0389. The van der Waals surface area contributed by atoms with Crippen LogP contribution >= 0.6 is 0 Å². The largest absolute Gasteiger partial charge is 0.491 e. The summed E-state index contributed by atoms with van der Waals surface area (Å²) >= 11 is 0. The molecule has 5 heteroatoms. The summed E-state index contributed by atoms with van der Waals surface area (Å²) in [5, 5.41) is 19.6. The van der Waals surface area contributed by atoms with Crippen molar-refractivity contribution in [2.24, 2.45) is 0 Å². The van der Waals surface area contributed by atoms with Crippen LogP contribution in [0.1, 0.15) is 25.7 Å². The van der Waals surface area contributed by atoms with Gasteiger partial charge in [0.2, 0.25) is 0 Å². The Morgan fingerprint density at radius 3 is 2.71 bits per heavy atom. The second kappa shape index (κ2) is 8.22. The van der Waals surface area contributed by atoms with E-state index in [1.54, 1.807) is 24.3 Å². The monoisotopic (exact) mass is 294 g/mol. The lowest BCUT2D eigenvalue weighted by atomic mass is 10.1. The van der Waals surface area contributed by atoms with Crippen LogP contribution < -0.4 is 10.5 Å². The van der Waals surface area contributed by atoms with Crippen LogP contribution in [-0.4, -0.2) is 53.6 Å². The SMILES string of the molecule is Nc1ccc(OCC(O)CN2CCCCCC2CO)cc1. The van der Waals surface area contributed by atoms with E-state index in [9.17, 15) is 10.2 Å². The van der Waals surface area contributed by atoms with Gasteiger partial charge in [-0.1, -0.05) is 12.8 Å². The average Bonchev–Trinajstić information content (AvgIpc) is 2.71. The number of nitrogens with zero attached hydrogens (tertiary/aromatic N) is 1.